The molecule has 2 atom stereocenters. The average Bonchev–Trinajstić information content (AvgIpc) is 3.20. The normalized spacial score (nSPS) is 20.8. The molecule has 2 saturated heterocycles. The van der Waals surface area contributed by atoms with Gasteiger partial charge >= 0.3 is 0 Å². The summed E-state index contributed by atoms with van der Waals surface area (Å²) in [6.07, 6.45) is 4.48. The lowest BCUT2D eigenvalue weighted by Gasteiger charge is -2.40. The van der Waals surface area contributed by atoms with Crippen molar-refractivity contribution >= 4 is 46.0 Å². The fourth-order valence-electron chi connectivity index (χ4n) is 4.82. The Kier molecular flexibility index (Phi) is 6.60. The number of aryl methyl sites for hydroxylation is 1. The van der Waals surface area contributed by atoms with E-state index in [1.54, 1.807) is 10.7 Å². The van der Waals surface area contributed by atoms with Crippen LogP contribution in [-0.2, 0) is 7.05 Å². The van der Waals surface area contributed by atoms with Crippen LogP contribution in [0.3, 0.4) is 0 Å². The van der Waals surface area contributed by atoms with Crippen LogP contribution in [0, 0.1) is 0 Å². The Morgan fingerprint density at radius 1 is 1.15 bits per heavy atom. The van der Waals surface area contributed by atoms with Crippen molar-refractivity contribution in [2.45, 2.75) is 31.8 Å². The largest absolute Gasteiger partial charge is 0.361 e. The highest BCUT2D eigenvalue weighted by molar-refractivity contribution is 6.35. The van der Waals surface area contributed by atoms with Gasteiger partial charge in [0.25, 0.3) is 0 Å². The predicted molar refractivity (Wildman–Crippen MR) is 134 cm³/mol. The van der Waals surface area contributed by atoms with Crippen molar-refractivity contribution in [2.75, 3.05) is 49.5 Å². The van der Waals surface area contributed by atoms with Crippen LogP contribution in [0.15, 0.2) is 24.4 Å². The summed E-state index contributed by atoms with van der Waals surface area (Å²) in [5.74, 6) is 1.46. The molecule has 0 bridgehead atoms. The molecule has 1 unspecified atom stereocenters. The zero-order valence-corrected chi connectivity index (χ0v) is 20.6. The van der Waals surface area contributed by atoms with E-state index in [1.165, 1.54) is 12.8 Å². The molecule has 176 valence electrons. The van der Waals surface area contributed by atoms with Crippen LogP contribution in [-0.4, -0.2) is 70.0 Å². The fourth-order valence-corrected chi connectivity index (χ4v) is 5.39. The van der Waals surface area contributed by atoms with Crippen LogP contribution in [0.25, 0.3) is 11.0 Å². The maximum absolute atomic E-state index is 6.45. The van der Waals surface area contributed by atoms with E-state index in [0.717, 1.165) is 61.8 Å². The van der Waals surface area contributed by atoms with Crippen molar-refractivity contribution < 1.29 is 0 Å². The molecule has 0 saturated carbocycles. The Morgan fingerprint density at radius 2 is 1.97 bits per heavy atom. The van der Waals surface area contributed by atoms with Crippen molar-refractivity contribution in [2.24, 2.45) is 7.05 Å². The minimum Gasteiger partial charge on any atom is -0.361 e. The maximum atomic E-state index is 6.45. The summed E-state index contributed by atoms with van der Waals surface area (Å²) in [7, 11) is 1.90. The number of benzene rings is 1. The number of hydrogen-bond acceptors (Lipinski definition) is 7. The van der Waals surface area contributed by atoms with Crippen molar-refractivity contribution in [1.29, 1.82) is 0 Å². The van der Waals surface area contributed by atoms with Crippen LogP contribution < -0.4 is 15.5 Å². The zero-order chi connectivity index (χ0) is 22.9. The van der Waals surface area contributed by atoms with E-state index < -0.39 is 0 Å². The van der Waals surface area contributed by atoms with E-state index in [-0.39, 0.29) is 6.04 Å². The van der Waals surface area contributed by atoms with Gasteiger partial charge in [0.2, 0.25) is 5.95 Å². The molecule has 10 heteroatoms. The van der Waals surface area contributed by atoms with Crippen molar-refractivity contribution in [3.05, 3.63) is 40.0 Å². The molecule has 1 aromatic carbocycles. The number of piperazine rings is 1. The van der Waals surface area contributed by atoms with E-state index in [0.29, 0.717) is 21.9 Å². The first kappa shape index (κ1) is 22.7. The van der Waals surface area contributed by atoms with Gasteiger partial charge in [0, 0.05) is 55.9 Å². The first-order valence-corrected chi connectivity index (χ1v) is 12.4. The SMILES string of the molecule is C[C@@H](Nc1nc(N2CCN(C3CCCNC3)CC2)nc2cn(C)nc12)c1ccc(Cl)cc1Cl. The molecule has 0 radical (unpaired) electrons. The van der Waals surface area contributed by atoms with Gasteiger partial charge in [-0.05, 0) is 44.0 Å². The van der Waals surface area contributed by atoms with Gasteiger partial charge in [-0.3, -0.25) is 9.58 Å². The lowest BCUT2D eigenvalue weighted by atomic mass is 10.1. The molecule has 2 aliphatic rings. The van der Waals surface area contributed by atoms with Crippen LogP contribution in [0.2, 0.25) is 10.0 Å². The number of fused-ring (bicyclic) bond motifs is 1. The summed E-state index contributed by atoms with van der Waals surface area (Å²) in [6.45, 7) is 8.19. The number of nitrogens with zero attached hydrogens (tertiary/aromatic N) is 6. The molecule has 0 spiro atoms. The quantitative estimate of drug-likeness (QED) is 0.566. The van der Waals surface area contributed by atoms with Crippen LogP contribution in [0.4, 0.5) is 11.8 Å². The lowest BCUT2D eigenvalue weighted by molar-refractivity contribution is 0.157. The molecule has 2 aliphatic heterocycles. The molecule has 0 aliphatic carbocycles. The Morgan fingerprint density at radius 3 is 2.70 bits per heavy atom. The smallest absolute Gasteiger partial charge is 0.228 e. The minimum atomic E-state index is -0.0710. The Bertz CT molecular complexity index is 1120. The molecule has 2 fully saturated rings. The zero-order valence-electron chi connectivity index (χ0n) is 19.1. The number of halogens is 2. The fraction of sp³-hybridized carbons (Fsp3) is 0.522. The second-order valence-corrected chi connectivity index (χ2v) is 9.81. The van der Waals surface area contributed by atoms with Gasteiger partial charge < -0.3 is 15.5 Å². The average molecular weight is 489 g/mol. The van der Waals surface area contributed by atoms with E-state index in [9.17, 15) is 0 Å². The van der Waals surface area contributed by atoms with Crippen molar-refractivity contribution in [3.63, 3.8) is 0 Å². The molecule has 2 N–H and O–H groups in total. The second-order valence-electron chi connectivity index (χ2n) is 8.96. The Balaban J connectivity index is 1.37. The standard InChI is InChI=1S/C23H30Cl2N8/c1-15(18-6-5-16(24)12-19(18)25)27-22-21-20(14-31(2)30-21)28-23(29-22)33-10-8-32(9-11-33)17-4-3-7-26-13-17/h5-6,12,14-15,17,26H,3-4,7-11,13H2,1-2H3,(H,27,28,29)/t15-,17?/m1/s1. The number of nitrogens with one attached hydrogen (secondary N) is 2. The molecule has 5 rings (SSSR count). The number of anilines is 2. The highest BCUT2D eigenvalue weighted by Gasteiger charge is 2.27. The summed E-state index contributed by atoms with van der Waals surface area (Å²) in [6, 6.07) is 6.13. The van der Waals surface area contributed by atoms with Crippen LogP contribution in [0.1, 0.15) is 31.4 Å². The van der Waals surface area contributed by atoms with Gasteiger partial charge in [0.1, 0.15) is 5.52 Å². The molecule has 3 aromatic rings. The van der Waals surface area contributed by atoms with Crippen LogP contribution in [0.5, 0.6) is 0 Å². The van der Waals surface area contributed by atoms with E-state index in [2.05, 4.69) is 32.5 Å². The maximum Gasteiger partial charge on any atom is 0.228 e. The molecule has 0 amide bonds. The van der Waals surface area contributed by atoms with E-state index in [1.807, 2.05) is 25.4 Å². The van der Waals surface area contributed by atoms with Gasteiger partial charge in [-0.1, -0.05) is 29.3 Å². The molecule has 8 nitrogen and oxygen atoms in total. The van der Waals surface area contributed by atoms with Gasteiger partial charge in [-0.2, -0.15) is 10.1 Å². The van der Waals surface area contributed by atoms with Crippen molar-refractivity contribution in [1.82, 2.24) is 30.0 Å². The summed E-state index contributed by atoms with van der Waals surface area (Å²) >= 11 is 12.5. The number of rotatable bonds is 5. The third-order valence-electron chi connectivity index (χ3n) is 6.63. The van der Waals surface area contributed by atoms with Gasteiger partial charge in [0.05, 0.1) is 12.2 Å². The Labute approximate surface area is 204 Å². The van der Waals surface area contributed by atoms with Gasteiger partial charge in [0.15, 0.2) is 11.3 Å². The third-order valence-corrected chi connectivity index (χ3v) is 7.20. The molecular formula is C23H30Cl2N8. The van der Waals surface area contributed by atoms with E-state index >= 15 is 0 Å². The summed E-state index contributed by atoms with van der Waals surface area (Å²) in [5.41, 5.74) is 2.54. The number of piperidine rings is 1. The number of aromatic nitrogens is 4. The van der Waals surface area contributed by atoms with E-state index in [4.69, 9.17) is 33.2 Å². The summed E-state index contributed by atoms with van der Waals surface area (Å²) in [5, 5.41) is 12.9. The third kappa shape index (κ3) is 4.89. The first-order chi connectivity index (χ1) is 16.0. The summed E-state index contributed by atoms with van der Waals surface area (Å²) < 4.78 is 1.78. The van der Waals surface area contributed by atoms with Crippen LogP contribution >= 0.6 is 23.2 Å². The van der Waals surface area contributed by atoms with Gasteiger partial charge in [-0.15, -0.1) is 0 Å². The second kappa shape index (κ2) is 9.62. The highest BCUT2D eigenvalue weighted by atomic mass is 35.5. The topological polar surface area (TPSA) is 74.1 Å². The summed E-state index contributed by atoms with van der Waals surface area (Å²) in [4.78, 5) is 14.6. The number of hydrogen-bond donors (Lipinski definition) is 2. The first-order valence-electron chi connectivity index (χ1n) is 11.6. The molecular weight excluding hydrogens is 459 g/mol. The molecule has 2 aromatic heterocycles. The lowest BCUT2D eigenvalue weighted by Crippen LogP contribution is -2.54. The minimum absolute atomic E-state index is 0.0710. The molecule has 4 heterocycles. The molecule has 33 heavy (non-hydrogen) atoms. The van der Waals surface area contributed by atoms with Crippen molar-refractivity contribution in [3.8, 4) is 0 Å². The highest BCUT2D eigenvalue weighted by Crippen LogP contribution is 2.31. The monoisotopic (exact) mass is 488 g/mol. The predicted octanol–water partition coefficient (Wildman–Crippen LogP) is 3.72. The van der Waals surface area contributed by atoms with Gasteiger partial charge in [-0.25, -0.2) is 4.98 Å². The Hall–Kier alpha value is -2.13.